The second kappa shape index (κ2) is 6.10. The molecule has 3 heteroatoms. The van der Waals surface area contributed by atoms with Crippen LogP contribution in [0.25, 0.3) is 11.1 Å². The second-order valence-electron chi connectivity index (χ2n) is 5.51. The van der Waals surface area contributed by atoms with E-state index in [0.29, 0.717) is 0 Å². The standard InChI is InChI=1S/C18H20N2O/c1-19-11-13-20(14-12-19)18(21)17-10-6-5-9-16(17)15-7-3-2-4-8-15/h2-10H,11-14H2,1H3. The van der Waals surface area contributed by atoms with Crippen LogP contribution in [0, 0.1) is 0 Å². The predicted molar refractivity (Wildman–Crippen MR) is 85.3 cm³/mol. The van der Waals surface area contributed by atoms with Crippen molar-refractivity contribution in [3.8, 4) is 11.1 Å². The van der Waals surface area contributed by atoms with Gasteiger partial charge in [0.15, 0.2) is 0 Å². The third-order valence-electron chi connectivity index (χ3n) is 4.03. The molecule has 0 aliphatic carbocycles. The first-order valence-corrected chi connectivity index (χ1v) is 7.38. The summed E-state index contributed by atoms with van der Waals surface area (Å²) in [6.07, 6.45) is 0. The summed E-state index contributed by atoms with van der Waals surface area (Å²) in [6, 6.07) is 18.0. The van der Waals surface area contributed by atoms with E-state index in [1.54, 1.807) is 0 Å². The van der Waals surface area contributed by atoms with E-state index in [1.165, 1.54) is 0 Å². The molecule has 1 fully saturated rings. The summed E-state index contributed by atoms with van der Waals surface area (Å²) in [5, 5.41) is 0. The first-order valence-electron chi connectivity index (χ1n) is 7.38. The van der Waals surface area contributed by atoms with Crippen LogP contribution in [0.5, 0.6) is 0 Å². The SMILES string of the molecule is CN1CCN(C(=O)c2ccccc2-c2ccccc2)CC1. The first kappa shape index (κ1) is 13.8. The number of nitrogens with zero attached hydrogens (tertiary/aromatic N) is 2. The molecular formula is C18H20N2O. The van der Waals surface area contributed by atoms with Crippen LogP contribution < -0.4 is 0 Å². The average molecular weight is 280 g/mol. The summed E-state index contributed by atoms with van der Waals surface area (Å²) in [4.78, 5) is 17.0. The molecule has 1 heterocycles. The van der Waals surface area contributed by atoms with Gasteiger partial charge in [0.05, 0.1) is 0 Å². The van der Waals surface area contributed by atoms with E-state index in [9.17, 15) is 4.79 Å². The molecule has 0 N–H and O–H groups in total. The maximum Gasteiger partial charge on any atom is 0.254 e. The monoisotopic (exact) mass is 280 g/mol. The van der Waals surface area contributed by atoms with Crippen LogP contribution >= 0.6 is 0 Å². The Hall–Kier alpha value is -2.13. The van der Waals surface area contributed by atoms with Crippen molar-refractivity contribution in [3.05, 3.63) is 60.2 Å². The molecule has 0 spiro atoms. The molecule has 21 heavy (non-hydrogen) atoms. The van der Waals surface area contributed by atoms with E-state index in [2.05, 4.69) is 24.1 Å². The van der Waals surface area contributed by atoms with Gasteiger partial charge in [-0.15, -0.1) is 0 Å². The van der Waals surface area contributed by atoms with Crippen LogP contribution in [0.3, 0.4) is 0 Å². The van der Waals surface area contributed by atoms with Gasteiger partial charge in [-0.25, -0.2) is 0 Å². The van der Waals surface area contributed by atoms with Crippen LogP contribution in [0.4, 0.5) is 0 Å². The van der Waals surface area contributed by atoms with E-state index in [1.807, 2.05) is 47.4 Å². The Morgan fingerprint density at radius 3 is 2.19 bits per heavy atom. The molecule has 0 aromatic heterocycles. The molecule has 0 saturated carbocycles. The molecule has 3 rings (SSSR count). The lowest BCUT2D eigenvalue weighted by atomic mass is 9.98. The Morgan fingerprint density at radius 2 is 1.48 bits per heavy atom. The zero-order valence-corrected chi connectivity index (χ0v) is 12.3. The van der Waals surface area contributed by atoms with Crippen LogP contribution in [0.15, 0.2) is 54.6 Å². The quantitative estimate of drug-likeness (QED) is 0.844. The largest absolute Gasteiger partial charge is 0.336 e. The number of hydrogen-bond acceptors (Lipinski definition) is 2. The molecular weight excluding hydrogens is 260 g/mol. The molecule has 0 unspecified atom stereocenters. The van der Waals surface area contributed by atoms with Crippen molar-refractivity contribution in [2.75, 3.05) is 33.2 Å². The average Bonchev–Trinajstić information content (AvgIpc) is 2.56. The lowest BCUT2D eigenvalue weighted by Gasteiger charge is -2.32. The number of likely N-dealkylation sites (N-methyl/N-ethyl adjacent to an activating group) is 1. The number of rotatable bonds is 2. The molecule has 1 saturated heterocycles. The summed E-state index contributed by atoms with van der Waals surface area (Å²) in [5.74, 6) is 0.141. The molecule has 3 nitrogen and oxygen atoms in total. The van der Waals surface area contributed by atoms with Crippen molar-refractivity contribution in [2.45, 2.75) is 0 Å². The number of carbonyl (C=O) groups excluding carboxylic acids is 1. The van der Waals surface area contributed by atoms with E-state index < -0.39 is 0 Å². The van der Waals surface area contributed by atoms with Gasteiger partial charge in [-0.2, -0.15) is 0 Å². The molecule has 1 aliphatic heterocycles. The van der Waals surface area contributed by atoms with Gasteiger partial charge in [0, 0.05) is 31.7 Å². The van der Waals surface area contributed by atoms with E-state index in [-0.39, 0.29) is 5.91 Å². The van der Waals surface area contributed by atoms with Gasteiger partial charge in [-0.1, -0.05) is 48.5 Å². The zero-order valence-electron chi connectivity index (χ0n) is 12.3. The zero-order chi connectivity index (χ0) is 14.7. The topological polar surface area (TPSA) is 23.6 Å². The maximum atomic E-state index is 12.8. The molecule has 1 amide bonds. The summed E-state index contributed by atoms with van der Waals surface area (Å²) in [7, 11) is 2.10. The smallest absolute Gasteiger partial charge is 0.254 e. The Balaban J connectivity index is 1.90. The number of amides is 1. The van der Waals surface area contributed by atoms with Gasteiger partial charge in [0.1, 0.15) is 0 Å². The van der Waals surface area contributed by atoms with Gasteiger partial charge >= 0.3 is 0 Å². The van der Waals surface area contributed by atoms with Crippen LogP contribution in [-0.2, 0) is 0 Å². The highest BCUT2D eigenvalue weighted by molar-refractivity contribution is 6.00. The van der Waals surface area contributed by atoms with Gasteiger partial charge in [-0.3, -0.25) is 4.79 Å². The Labute approximate surface area is 125 Å². The number of benzene rings is 2. The van der Waals surface area contributed by atoms with Crippen molar-refractivity contribution in [1.82, 2.24) is 9.80 Å². The lowest BCUT2D eigenvalue weighted by molar-refractivity contribution is 0.0665. The number of piperazine rings is 1. The third-order valence-corrected chi connectivity index (χ3v) is 4.03. The van der Waals surface area contributed by atoms with Crippen LogP contribution in [-0.4, -0.2) is 48.9 Å². The Kier molecular flexibility index (Phi) is 4.02. The molecule has 2 aromatic carbocycles. The van der Waals surface area contributed by atoms with E-state index in [0.717, 1.165) is 42.9 Å². The second-order valence-corrected chi connectivity index (χ2v) is 5.51. The van der Waals surface area contributed by atoms with Crippen molar-refractivity contribution in [1.29, 1.82) is 0 Å². The van der Waals surface area contributed by atoms with Crippen molar-refractivity contribution >= 4 is 5.91 Å². The number of hydrogen-bond donors (Lipinski definition) is 0. The van der Waals surface area contributed by atoms with Crippen molar-refractivity contribution < 1.29 is 4.79 Å². The Bertz CT molecular complexity index is 616. The van der Waals surface area contributed by atoms with Crippen molar-refractivity contribution in [3.63, 3.8) is 0 Å². The first-order chi connectivity index (χ1) is 10.3. The highest BCUT2D eigenvalue weighted by Gasteiger charge is 2.22. The molecule has 1 aliphatic rings. The minimum Gasteiger partial charge on any atom is -0.336 e. The summed E-state index contributed by atoms with van der Waals surface area (Å²) in [5.41, 5.74) is 2.91. The lowest BCUT2D eigenvalue weighted by Crippen LogP contribution is -2.47. The Morgan fingerprint density at radius 1 is 0.857 bits per heavy atom. The van der Waals surface area contributed by atoms with E-state index in [4.69, 9.17) is 0 Å². The highest BCUT2D eigenvalue weighted by atomic mass is 16.2. The van der Waals surface area contributed by atoms with E-state index >= 15 is 0 Å². The number of carbonyl (C=O) groups is 1. The van der Waals surface area contributed by atoms with Crippen LogP contribution in [0.2, 0.25) is 0 Å². The fraction of sp³-hybridized carbons (Fsp3) is 0.278. The normalized spacial score (nSPS) is 16.0. The fourth-order valence-electron chi connectivity index (χ4n) is 2.72. The predicted octanol–water partition coefficient (Wildman–Crippen LogP) is 2.74. The van der Waals surface area contributed by atoms with Crippen LogP contribution in [0.1, 0.15) is 10.4 Å². The third kappa shape index (κ3) is 2.98. The maximum absolute atomic E-state index is 12.8. The van der Waals surface area contributed by atoms with Gasteiger partial charge < -0.3 is 9.80 Å². The molecule has 0 radical (unpaired) electrons. The molecule has 108 valence electrons. The molecule has 0 atom stereocenters. The van der Waals surface area contributed by atoms with Crippen molar-refractivity contribution in [2.24, 2.45) is 0 Å². The van der Waals surface area contributed by atoms with Gasteiger partial charge in [0.2, 0.25) is 0 Å². The highest BCUT2D eigenvalue weighted by Crippen LogP contribution is 2.24. The van der Waals surface area contributed by atoms with Gasteiger partial charge in [0.25, 0.3) is 5.91 Å². The summed E-state index contributed by atoms with van der Waals surface area (Å²) in [6.45, 7) is 3.50. The summed E-state index contributed by atoms with van der Waals surface area (Å²) >= 11 is 0. The minimum absolute atomic E-state index is 0.141. The van der Waals surface area contributed by atoms with Gasteiger partial charge in [-0.05, 0) is 24.2 Å². The molecule has 0 bridgehead atoms. The fourth-order valence-corrected chi connectivity index (χ4v) is 2.72. The summed E-state index contributed by atoms with van der Waals surface area (Å²) < 4.78 is 0. The minimum atomic E-state index is 0.141. The molecule has 2 aromatic rings.